The third kappa shape index (κ3) is 5.90. The number of thiazole rings is 1. The van der Waals surface area contributed by atoms with E-state index in [1.54, 1.807) is 23.6 Å². The molecular weight excluding hydrogens is 382 g/mol. The quantitative estimate of drug-likeness (QED) is 0.658. The summed E-state index contributed by atoms with van der Waals surface area (Å²) in [5.41, 5.74) is 1.98. The van der Waals surface area contributed by atoms with Crippen LogP contribution in [0.15, 0.2) is 52.3 Å². The van der Waals surface area contributed by atoms with Crippen molar-refractivity contribution in [1.29, 1.82) is 0 Å². The van der Waals surface area contributed by atoms with Crippen molar-refractivity contribution in [3.8, 4) is 0 Å². The Morgan fingerprint density at radius 3 is 2.74 bits per heavy atom. The molecule has 144 valence electrons. The normalized spacial score (nSPS) is 14.4. The Balaban J connectivity index is 1.49. The fourth-order valence-electron chi connectivity index (χ4n) is 2.93. The van der Waals surface area contributed by atoms with Gasteiger partial charge in [0.05, 0.1) is 17.0 Å². The summed E-state index contributed by atoms with van der Waals surface area (Å²) in [7, 11) is -3.66. The summed E-state index contributed by atoms with van der Waals surface area (Å²) >= 11 is 1.17. The van der Waals surface area contributed by atoms with Gasteiger partial charge in [-0.05, 0) is 44.2 Å². The molecule has 0 radical (unpaired) electrons. The highest BCUT2D eigenvalue weighted by atomic mass is 32.2. The van der Waals surface area contributed by atoms with Gasteiger partial charge >= 0.3 is 0 Å². The highest BCUT2D eigenvalue weighted by molar-refractivity contribution is 7.93. The highest BCUT2D eigenvalue weighted by Crippen LogP contribution is 2.21. The number of aromatic nitrogens is 1. The van der Waals surface area contributed by atoms with Crippen molar-refractivity contribution in [2.24, 2.45) is 0 Å². The summed E-state index contributed by atoms with van der Waals surface area (Å²) in [6, 6.07) is 8.12. The van der Waals surface area contributed by atoms with Gasteiger partial charge in [-0.1, -0.05) is 29.8 Å². The Hall–Kier alpha value is -2.19. The smallest absolute Gasteiger partial charge is 0.263 e. The number of nitrogens with one attached hydrogen (secondary N) is 2. The van der Waals surface area contributed by atoms with Crippen LogP contribution in [0.3, 0.4) is 0 Å². The van der Waals surface area contributed by atoms with E-state index in [4.69, 9.17) is 0 Å². The zero-order valence-corrected chi connectivity index (χ0v) is 16.6. The number of carbonyl (C=O) groups excluding carboxylic acids is 1. The maximum atomic E-state index is 12.3. The van der Waals surface area contributed by atoms with E-state index in [1.165, 1.54) is 41.9 Å². The molecule has 0 fully saturated rings. The van der Waals surface area contributed by atoms with Crippen molar-refractivity contribution < 1.29 is 13.2 Å². The Bertz CT molecular complexity index is 905. The number of nitrogens with zero attached hydrogens (tertiary/aromatic N) is 1. The molecule has 0 spiro atoms. The topological polar surface area (TPSA) is 88.2 Å². The van der Waals surface area contributed by atoms with Gasteiger partial charge in [0.2, 0.25) is 5.91 Å². The molecule has 0 bridgehead atoms. The molecule has 1 aliphatic rings. The fourth-order valence-corrected chi connectivity index (χ4v) is 4.91. The molecule has 6 nitrogen and oxygen atoms in total. The van der Waals surface area contributed by atoms with Gasteiger partial charge < -0.3 is 5.32 Å². The van der Waals surface area contributed by atoms with Crippen LogP contribution in [-0.4, -0.2) is 25.9 Å². The minimum absolute atomic E-state index is 0.103. The first-order valence-corrected chi connectivity index (χ1v) is 11.4. The molecule has 3 rings (SSSR count). The Morgan fingerprint density at radius 2 is 2.00 bits per heavy atom. The number of hydrogen-bond acceptors (Lipinski definition) is 5. The summed E-state index contributed by atoms with van der Waals surface area (Å²) in [6.45, 7) is 0.627. The first kappa shape index (κ1) is 19.6. The van der Waals surface area contributed by atoms with E-state index in [-0.39, 0.29) is 22.4 Å². The molecule has 8 heteroatoms. The molecule has 0 saturated carbocycles. The van der Waals surface area contributed by atoms with Gasteiger partial charge in [-0.25, -0.2) is 13.4 Å². The molecule has 1 aromatic carbocycles. The second kappa shape index (κ2) is 9.14. The van der Waals surface area contributed by atoms with Crippen molar-refractivity contribution in [3.05, 3.63) is 53.1 Å². The predicted octanol–water partition coefficient (Wildman–Crippen LogP) is 3.49. The van der Waals surface area contributed by atoms with Gasteiger partial charge in [-0.3, -0.25) is 9.52 Å². The van der Waals surface area contributed by atoms with Crippen LogP contribution in [0.25, 0.3) is 0 Å². The van der Waals surface area contributed by atoms with Crippen molar-refractivity contribution in [2.45, 2.75) is 43.4 Å². The number of amides is 1. The van der Waals surface area contributed by atoms with Crippen molar-refractivity contribution >= 4 is 32.4 Å². The third-order valence-electron chi connectivity index (χ3n) is 4.32. The molecular formula is C19H23N3O3S2. The second-order valence-electron chi connectivity index (χ2n) is 6.45. The van der Waals surface area contributed by atoms with Crippen molar-refractivity contribution in [2.75, 3.05) is 11.3 Å². The first-order chi connectivity index (χ1) is 13.0. The van der Waals surface area contributed by atoms with Crippen molar-refractivity contribution in [1.82, 2.24) is 10.3 Å². The number of hydrogen-bond donors (Lipinski definition) is 2. The lowest BCUT2D eigenvalue weighted by Crippen LogP contribution is -2.26. The summed E-state index contributed by atoms with van der Waals surface area (Å²) < 4.78 is 27.0. The van der Waals surface area contributed by atoms with E-state index in [2.05, 4.69) is 21.1 Å². The third-order valence-corrected chi connectivity index (χ3v) is 6.61. The highest BCUT2D eigenvalue weighted by Gasteiger charge is 2.16. The lowest BCUT2D eigenvalue weighted by molar-refractivity contribution is -0.120. The summed E-state index contributed by atoms with van der Waals surface area (Å²) in [4.78, 5) is 16.5. The van der Waals surface area contributed by atoms with Crippen LogP contribution in [0.4, 0.5) is 5.13 Å². The standard InChI is InChI=1S/C19H23N3O3S2/c23-18(20-12-11-15-7-3-1-4-8-15)13-16-14-26-19(21-16)22-27(24,25)17-9-5-2-6-10-17/h2,5-7,9-10,14H,1,3-4,8,11-13H2,(H,20,23)(H,21,22). The molecule has 1 aliphatic carbocycles. The minimum atomic E-state index is -3.66. The molecule has 0 saturated heterocycles. The van der Waals surface area contributed by atoms with E-state index < -0.39 is 10.0 Å². The van der Waals surface area contributed by atoms with Crippen LogP contribution in [-0.2, 0) is 21.2 Å². The summed E-state index contributed by atoms with van der Waals surface area (Å²) in [5, 5.41) is 4.87. The molecule has 0 atom stereocenters. The molecule has 1 aromatic heterocycles. The number of rotatable bonds is 8. The van der Waals surface area contributed by atoms with Gasteiger partial charge in [0.25, 0.3) is 10.0 Å². The second-order valence-corrected chi connectivity index (χ2v) is 8.99. The lowest BCUT2D eigenvalue weighted by atomic mass is 9.97. The zero-order chi connectivity index (χ0) is 19.1. The van der Waals surface area contributed by atoms with E-state index in [0.29, 0.717) is 12.2 Å². The molecule has 2 N–H and O–H groups in total. The van der Waals surface area contributed by atoms with Crippen LogP contribution in [0.2, 0.25) is 0 Å². The van der Waals surface area contributed by atoms with Gasteiger partial charge in [0, 0.05) is 11.9 Å². The van der Waals surface area contributed by atoms with E-state index in [9.17, 15) is 13.2 Å². The van der Waals surface area contributed by atoms with Crippen molar-refractivity contribution in [3.63, 3.8) is 0 Å². The summed E-state index contributed by atoms with van der Waals surface area (Å²) in [6.07, 6.45) is 8.09. The molecule has 27 heavy (non-hydrogen) atoms. The maximum absolute atomic E-state index is 12.3. The number of carbonyl (C=O) groups is 1. The molecule has 0 unspecified atom stereocenters. The Kier molecular flexibility index (Phi) is 6.63. The Morgan fingerprint density at radius 1 is 1.19 bits per heavy atom. The SMILES string of the molecule is O=C(Cc1csc(NS(=O)(=O)c2ccccc2)n1)NCCC1=CCCCC1. The number of anilines is 1. The fraction of sp³-hybridized carbons (Fsp3) is 0.368. The first-order valence-electron chi connectivity index (χ1n) is 9.00. The van der Waals surface area contributed by atoms with Crippen LogP contribution >= 0.6 is 11.3 Å². The number of sulfonamides is 1. The van der Waals surface area contributed by atoms with E-state index in [0.717, 1.165) is 19.3 Å². The zero-order valence-electron chi connectivity index (χ0n) is 15.0. The number of benzene rings is 1. The minimum Gasteiger partial charge on any atom is -0.355 e. The van der Waals surface area contributed by atoms with Gasteiger partial charge in [-0.15, -0.1) is 11.3 Å². The largest absolute Gasteiger partial charge is 0.355 e. The molecule has 1 heterocycles. The van der Waals surface area contributed by atoms with E-state index in [1.807, 2.05) is 0 Å². The molecule has 0 aliphatic heterocycles. The number of allylic oxidation sites excluding steroid dienone is 1. The van der Waals surface area contributed by atoms with Gasteiger partial charge in [0.1, 0.15) is 0 Å². The van der Waals surface area contributed by atoms with Crippen LogP contribution in [0.1, 0.15) is 37.8 Å². The predicted molar refractivity (Wildman–Crippen MR) is 107 cm³/mol. The summed E-state index contributed by atoms with van der Waals surface area (Å²) in [5.74, 6) is -0.103. The Labute approximate surface area is 163 Å². The monoisotopic (exact) mass is 405 g/mol. The van der Waals surface area contributed by atoms with Gasteiger partial charge in [0.15, 0.2) is 5.13 Å². The average Bonchev–Trinajstić information content (AvgIpc) is 3.09. The van der Waals surface area contributed by atoms with E-state index >= 15 is 0 Å². The average molecular weight is 406 g/mol. The molecule has 2 aromatic rings. The lowest BCUT2D eigenvalue weighted by Gasteiger charge is -2.12. The van der Waals surface area contributed by atoms with Crippen LogP contribution < -0.4 is 10.0 Å². The van der Waals surface area contributed by atoms with Crippen LogP contribution in [0.5, 0.6) is 0 Å². The maximum Gasteiger partial charge on any atom is 0.263 e. The van der Waals surface area contributed by atoms with Crippen LogP contribution in [0, 0.1) is 0 Å². The van der Waals surface area contributed by atoms with Gasteiger partial charge in [-0.2, -0.15) is 0 Å². The molecule has 1 amide bonds.